The van der Waals surface area contributed by atoms with Crippen LogP contribution in [0.1, 0.15) is 11.1 Å². The van der Waals surface area contributed by atoms with E-state index in [1.54, 1.807) is 24.3 Å². The van der Waals surface area contributed by atoms with E-state index in [9.17, 15) is 23.1 Å². The summed E-state index contributed by atoms with van der Waals surface area (Å²) in [6, 6.07) is 13.3. The predicted octanol–water partition coefficient (Wildman–Crippen LogP) is 5.51. The van der Waals surface area contributed by atoms with E-state index in [0.717, 1.165) is 23.9 Å². The Balaban J connectivity index is 1.98. The van der Waals surface area contributed by atoms with Crippen LogP contribution in [0.4, 0.5) is 18.9 Å². The van der Waals surface area contributed by atoms with Crippen molar-refractivity contribution in [1.82, 2.24) is 0 Å². The molecule has 0 saturated heterocycles. The van der Waals surface area contributed by atoms with Crippen LogP contribution in [0.2, 0.25) is 0 Å². The second-order valence-corrected chi connectivity index (χ2v) is 6.73. The van der Waals surface area contributed by atoms with Crippen LogP contribution < -0.4 is 0 Å². The quantitative estimate of drug-likeness (QED) is 0.685. The van der Waals surface area contributed by atoms with Crippen molar-refractivity contribution in [1.29, 1.82) is 0 Å². The molecule has 0 unspecified atom stereocenters. The van der Waals surface area contributed by atoms with Gasteiger partial charge in [-0.1, -0.05) is 42.1 Å². The van der Waals surface area contributed by atoms with Gasteiger partial charge >= 0.3 is 12.1 Å². The first kappa shape index (κ1) is 19.8. The number of hydrogen-bond acceptors (Lipinski definition) is 5. The van der Waals surface area contributed by atoms with Gasteiger partial charge in [-0.05, 0) is 35.9 Å². The number of carbonyl (C=O) groups is 1. The van der Waals surface area contributed by atoms with E-state index in [1.807, 2.05) is 6.07 Å². The number of aliphatic hydroxyl groups excluding tert-OH is 1. The molecule has 0 amide bonds. The van der Waals surface area contributed by atoms with Crippen molar-refractivity contribution >= 4 is 34.5 Å². The molecule has 2 aromatic carbocycles. The fourth-order valence-electron chi connectivity index (χ4n) is 2.43. The van der Waals surface area contributed by atoms with Crippen LogP contribution in [0, 0.1) is 0 Å². The Bertz CT molecular complexity index is 978. The van der Waals surface area contributed by atoms with Crippen molar-refractivity contribution in [3.8, 4) is 0 Å². The Labute approximate surface area is 163 Å². The van der Waals surface area contributed by atoms with Crippen molar-refractivity contribution in [2.75, 3.05) is 7.11 Å². The van der Waals surface area contributed by atoms with Crippen molar-refractivity contribution < 1.29 is 27.8 Å². The molecule has 0 radical (unpaired) electrons. The second kappa shape index (κ2) is 7.93. The van der Waals surface area contributed by atoms with Gasteiger partial charge < -0.3 is 9.84 Å². The van der Waals surface area contributed by atoms with Crippen LogP contribution in [0.25, 0.3) is 6.08 Å². The number of para-hydroxylation sites is 1. The van der Waals surface area contributed by atoms with Gasteiger partial charge in [-0.3, -0.25) is 0 Å². The highest BCUT2D eigenvalue weighted by Crippen LogP contribution is 2.40. The summed E-state index contributed by atoms with van der Waals surface area (Å²) in [6.45, 7) is 0. The van der Waals surface area contributed by atoms with Gasteiger partial charge in [-0.2, -0.15) is 13.2 Å². The summed E-state index contributed by atoms with van der Waals surface area (Å²) in [5, 5.41) is 10.7. The standard InChI is InChI=1S/C20H14F3NO3S/c1-27-19(26)16-17(25)15(28-18(16)24-14-5-3-2-4-6-14)11-12-7-9-13(10-8-12)20(21,22)23/h2-11,25H,1H3/b15-11+,24-18?. The van der Waals surface area contributed by atoms with Crippen LogP contribution in [-0.2, 0) is 15.7 Å². The molecule has 8 heteroatoms. The fraction of sp³-hybridized carbons (Fsp3) is 0.100. The summed E-state index contributed by atoms with van der Waals surface area (Å²) < 4.78 is 42.8. The number of esters is 1. The molecule has 0 spiro atoms. The first-order valence-corrected chi connectivity index (χ1v) is 8.84. The Kier molecular flexibility index (Phi) is 5.60. The van der Waals surface area contributed by atoms with Gasteiger partial charge in [0, 0.05) is 0 Å². The van der Waals surface area contributed by atoms with Gasteiger partial charge in [0.25, 0.3) is 0 Å². The smallest absolute Gasteiger partial charge is 0.416 e. The predicted molar refractivity (Wildman–Crippen MR) is 102 cm³/mol. The summed E-state index contributed by atoms with van der Waals surface area (Å²) in [6.07, 6.45) is -2.94. The van der Waals surface area contributed by atoms with E-state index in [-0.39, 0.29) is 21.3 Å². The average Bonchev–Trinajstić information content (AvgIpc) is 2.96. The van der Waals surface area contributed by atoms with Gasteiger partial charge in [0.1, 0.15) is 16.4 Å². The van der Waals surface area contributed by atoms with Crippen LogP contribution in [-0.4, -0.2) is 23.2 Å². The first-order chi connectivity index (χ1) is 13.3. The number of ether oxygens (including phenoxy) is 1. The lowest BCUT2D eigenvalue weighted by molar-refractivity contribution is -0.137. The molecule has 0 aliphatic carbocycles. The van der Waals surface area contributed by atoms with Crippen LogP contribution in [0.15, 0.2) is 75.8 Å². The molecule has 1 N–H and O–H groups in total. The van der Waals surface area contributed by atoms with E-state index in [1.165, 1.54) is 25.3 Å². The van der Waals surface area contributed by atoms with E-state index in [4.69, 9.17) is 4.74 Å². The van der Waals surface area contributed by atoms with E-state index in [2.05, 4.69) is 4.99 Å². The summed E-state index contributed by atoms with van der Waals surface area (Å²) in [5.74, 6) is -1.08. The maximum absolute atomic E-state index is 12.7. The Hall–Kier alpha value is -3.00. The Morgan fingerprint density at radius 1 is 1.11 bits per heavy atom. The molecule has 0 aromatic heterocycles. The highest BCUT2D eigenvalue weighted by Gasteiger charge is 2.33. The topological polar surface area (TPSA) is 58.9 Å². The molecule has 1 aliphatic heterocycles. The largest absolute Gasteiger partial charge is 0.506 e. The monoisotopic (exact) mass is 405 g/mol. The minimum atomic E-state index is -4.43. The minimum absolute atomic E-state index is 0.0884. The summed E-state index contributed by atoms with van der Waals surface area (Å²) in [5.41, 5.74) is 0.159. The number of benzene rings is 2. The lowest BCUT2D eigenvalue weighted by atomic mass is 10.1. The molecule has 0 bridgehead atoms. The summed E-state index contributed by atoms with van der Waals surface area (Å²) in [4.78, 5) is 16.7. The van der Waals surface area contributed by atoms with E-state index >= 15 is 0 Å². The number of carbonyl (C=O) groups excluding carboxylic acids is 1. The van der Waals surface area contributed by atoms with Gasteiger partial charge in [0.15, 0.2) is 0 Å². The number of thioether (sulfide) groups is 1. The van der Waals surface area contributed by atoms with Gasteiger partial charge in [0.2, 0.25) is 0 Å². The molecule has 1 heterocycles. The molecule has 0 atom stereocenters. The molecular formula is C20H14F3NO3S. The SMILES string of the molecule is COC(=O)C1=C(O)/C(=C\c2ccc(C(F)(F)F)cc2)SC1=Nc1ccccc1. The summed E-state index contributed by atoms with van der Waals surface area (Å²) >= 11 is 1.03. The number of hydrogen-bond donors (Lipinski definition) is 1. The minimum Gasteiger partial charge on any atom is -0.506 e. The maximum Gasteiger partial charge on any atom is 0.416 e. The number of aliphatic hydroxyl groups is 1. The molecular weight excluding hydrogens is 391 g/mol. The number of nitrogens with zero attached hydrogens (tertiary/aromatic N) is 1. The van der Waals surface area contributed by atoms with E-state index in [0.29, 0.717) is 11.3 Å². The molecule has 28 heavy (non-hydrogen) atoms. The highest BCUT2D eigenvalue weighted by atomic mass is 32.2. The molecule has 0 saturated carbocycles. The zero-order valence-electron chi connectivity index (χ0n) is 14.5. The summed E-state index contributed by atoms with van der Waals surface area (Å²) in [7, 11) is 1.19. The van der Waals surface area contributed by atoms with Crippen molar-refractivity contribution in [3.05, 3.63) is 82.0 Å². The molecule has 1 aliphatic rings. The normalized spacial score (nSPS) is 17.4. The molecule has 0 fully saturated rings. The van der Waals surface area contributed by atoms with Crippen LogP contribution in [0.3, 0.4) is 0 Å². The molecule has 3 rings (SSSR count). The highest BCUT2D eigenvalue weighted by molar-refractivity contribution is 8.18. The lowest BCUT2D eigenvalue weighted by Crippen LogP contribution is -2.10. The fourth-order valence-corrected chi connectivity index (χ4v) is 3.47. The lowest BCUT2D eigenvalue weighted by Gasteiger charge is -2.06. The van der Waals surface area contributed by atoms with Crippen LogP contribution >= 0.6 is 11.8 Å². The van der Waals surface area contributed by atoms with Gasteiger partial charge in [0.05, 0.1) is 23.3 Å². The van der Waals surface area contributed by atoms with Crippen molar-refractivity contribution in [3.63, 3.8) is 0 Å². The maximum atomic E-state index is 12.7. The average molecular weight is 405 g/mol. The number of alkyl halides is 3. The Morgan fingerprint density at radius 2 is 1.75 bits per heavy atom. The third kappa shape index (κ3) is 4.28. The molecule has 144 valence electrons. The third-order valence-corrected chi connectivity index (χ3v) is 4.82. The van der Waals surface area contributed by atoms with Crippen molar-refractivity contribution in [2.24, 2.45) is 4.99 Å². The second-order valence-electron chi connectivity index (χ2n) is 5.70. The van der Waals surface area contributed by atoms with Gasteiger partial charge in [-0.15, -0.1) is 0 Å². The number of aliphatic imine (C=N–C) groups is 1. The van der Waals surface area contributed by atoms with Crippen molar-refractivity contribution in [2.45, 2.75) is 6.18 Å². The number of rotatable bonds is 3. The van der Waals surface area contributed by atoms with Gasteiger partial charge in [-0.25, -0.2) is 9.79 Å². The first-order valence-electron chi connectivity index (χ1n) is 8.02. The molecule has 2 aromatic rings. The number of methoxy groups -OCH3 is 1. The molecule has 4 nitrogen and oxygen atoms in total. The Morgan fingerprint density at radius 3 is 2.32 bits per heavy atom. The third-order valence-electron chi connectivity index (χ3n) is 3.80. The number of halogens is 3. The van der Waals surface area contributed by atoms with Crippen LogP contribution in [0.5, 0.6) is 0 Å². The van der Waals surface area contributed by atoms with E-state index < -0.39 is 17.7 Å². The zero-order chi connectivity index (χ0) is 20.3. The zero-order valence-corrected chi connectivity index (χ0v) is 15.3.